The third kappa shape index (κ3) is 2.58. The fraction of sp³-hybridized carbons (Fsp3) is 0.429. The summed E-state index contributed by atoms with van der Waals surface area (Å²) in [6.45, 7) is 0. The monoisotopic (exact) mass is 288 g/mol. The molecule has 1 amide bonds. The van der Waals surface area contributed by atoms with Gasteiger partial charge in [0.05, 0.1) is 11.4 Å². The molecule has 7 nitrogen and oxygen atoms in total. The molecule has 0 saturated heterocycles. The average Bonchev–Trinajstić information content (AvgIpc) is 3.06. The fourth-order valence-corrected chi connectivity index (χ4v) is 2.79. The van der Waals surface area contributed by atoms with Crippen LogP contribution in [0.5, 0.6) is 0 Å². The van der Waals surface area contributed by atoms with Crippen LogP contribution in [0.3, 0.4) is 0 Å². The van der Waals surface area contributed by atoms with E-state index in [9.17, 15) is 9.59 Å². The summed E-state index contributed by atoms with van der Waals surface area (Å²) in [5.74, 6) is -1.33. The number of carboxylic acid groups (broad SMARTS) is 1. The molecule has 2 aromatic rings. The molecule has 1 aromatic heterocycles. The number of hydrogen-bond acceptors (Lipinski definition) is 4. The van der Waals surface area contributed by atoms with Gasteiger partial charge in [0.15, 0.2) is 0 Å². The molecule has 0 bridgehead atoms. The molecule has 1 fully saturated rings. The summed E-state index contributed by atoms with van der Waals surface area (Å²) in [4.78, 5) is 23.1. The number of rotatable bonds is 3. The van der Waals surface area contributed by atoms with Crippen molar-refractivity contribution in [1.29, 1.82) is 0 Å². The van der Waals surface area contributed by atoms with Crippen molar-refractivity contribution < 1.29 is 14.7 Å². The van der Waals surface area contributed by atoms with Gasteiger partial charge in [0, 0.05) is 18.7 Å². The Morgan fingerprint density at radius 3 is 2.90 bits per heavy atom. The number of benzene rings is 1. The van der Waals surface area contributed by atoms with Crippen LogP contribution in [0.2, 0.25) is 0 Å². The zero-order chi connectivity index (χ0) is 15.0. The molecule has 1 aliphatic rings. The summed E-state index contributed by atoms with van der Waals surface area (Å²) in [5.41, 5.74) is 2.04. The molecule has 1 aromatic carbocycles. The maximum atomic E-state index is 12.2. The number of carboxylic acids is 1. The van der Waals surface area contributed by atoms with Gasteiger partial charge in [-0.25, -0.2) is 4.68 Å². The lowest BCUT2D eigenvalue weighted by Crippen LogP contribution is -2.33. The predicted molar refractivity (Wildman–Crippen MR) is 74.7 cm³/mol. The van der Waals surface area contributed by atoms with Gasteiger partial charge in [-0.2, -0.15) is 0 Å². The second-order valence-electron chi connectivity index (χ2n) is 5.44. The Labute approximate surface area is 120 Å². The lowest BCUT2D eigenvalue weighted by atomic mass is 10.1. The van der Waals surface area contributed by atoms with Crippen LogP contribution < -0.4 is 5.32 Å². The molecule has 0 unspecified atom stereocenters. The van der Waals surface area contributed by atoms with Crippen LogP contribution in [0.15, 0.2) is 18.2 Å². The van der Waals surface area contributed by atoms with Crippen molar-refractivity contribution in [2.24, 2.45) is 13.0 Å². The molecule has 2 atom stereocenters. The first-order valence-electron chi connectivity index (χ1n) is 6.87. The highest BCUT2D eigenvalue weighted by molar-refractivity contribution is 5.97. The van der Waals surface area contributed by atoms with Gasteiger partial charge < -0.3 is 10.4 Å². The summed E-state index contributed by atoms with van der Waals surface area (Å²) in [6, 6.07) is 5.15. The smallest absolute Gasteiger partial charge is 0.306 e. The molecule has 110 valence electrons. The number of carbonyl (C=O) groups is 2. The Hall–Kier alpha value is -2.44. The van der Waals surface area contributed by atoms with E-state index in [-0.39, 0.29) is 17.9 Å². The maximum absolute atomic E-state index is 12.2. The van der Waals surface area contributed by atoms with E-state index in [1.807, 2.05) is 0 Å². The van der Waals surface area contributed by atoms with Gasteiger partial charge in [-0.1, -0.05) is 5.21 Å². The number of carbonyl (C=O) groups excluding carboxylic acids is 1. The maximum Gasteiger partial charge on any atom is 0.306 e. The molecule has 0 aliphatic heterocycles. The summed E-state index contributed by atoms with van der Waals surface area (Å²) >= 11 is 0. The summed E-state index contributed by atoms with van der Waals surface area (Å²) in [7, 11) is 1.79. The number of nitrogens with one attached hydrogen (secondary N) is 1. The van der Waals surface area contributed by atoms with E-state index in [4.69, 9.17) is 5.11 Å². The van der Waals surface area contributed by atoms with Gasteiger partial charge in [0.1, 0.15) is 5.52 Å². The average molecular weight is 288 g/mol. The van der Waals surface area contributed by atoms with Crippen molar-refractivity contribution in [2.45, 2.75) is 25.3 Å². The number of aryl methyl sites for hydroxylation is 1. The molecule has 0 spiro atoms. The number of amides is 1. The van der Waals surface area contributed by atoms with Gasteiger partial charge in [-0.3, -0.25) is 9.59 Å². The van der Waals surface area contributed by atoms with Gasteiger partial charge in [0.2, 0.25) is 0 Å². The number of fused-ring (bicyclic) bond motifs is 1. The first kappa shape index (κ1) is 13.5. The Bertz CT molecular complexity index is 709. The third-order valence-corrected chi connectivity index (χ3v) is 3.99. The Morgan fingerprint density at radius 1 is 1.38 bits per heavy atom. The number of aliphatic carboxylic acids is 1. The first-order chi connectivity index (χ1) is 10.0. The van der Waals surface area contributed by atoms with Crippen LogP contribution in [0.25, 0.3) is 11.0 Å². The summed E-state index contributed by atoms with van der Waals surface area (Å²) in [6.07, 6.45) is 1.81. The van der Waals surface area contributed by atoms with Crippen LogP contribution in [0, 0.1) is 5.92 Å². The van der Waals surface area contributed by atoms with Crippen LogP contribution >= 0.6 is 0 Å². The molecule has 1 aliphatic carbocycles. The molecule has 7 heteroatoms. The predicted octanol–water partition coefficient (Wildman–Crippen LogP) is 0.951. The van der Waals surface area contributed by atoms with Gasteiger partial charge in [-0.15, -0.1) is 5.10 Å². The number of nitrogens with zero attached hydrogens (tertiary/aromatic N) is 3. The molecule has 1 saturated carbocycles. The van der Waals surface area contributed by atoms with Crippen molar-refractivity contribution in [2.75, 3.05) is 0 Å². The second-order valence-corrected chi connectivity index (χ2v) is 5.44. The van der Waals surface area contributed by atoms with E-state index < -0.39 is 5.97 Å². The molecule has 3 rings (SSSR count). The lowest BCUT2D eigenvalue weighted by Gasteiger charge is -2.12. The molecule has 2 N–H and O–H groups in total. The summed E-state index contributed by atoms with van der Waals surface area (Å²) < 4.78 is 1.64. The normalized spacial score (nSPS) is 21.6. The van der Waals surface area contributed by atoms with Gasteiger partial charge in [0.25, 0.3) is 5.91 Å². The second kappa shape index (κ2) is 5.16. The SMILES string of the molecule is Cn1nnc2cc(C(=O)N[C@@H]3CC[C@H](C(=O)O)C3)ccc21. The largest absolute Gasteiger partial charge is 0.481 e. The van der Waals surface area contributed by atoms with Crippen molar-refractivity contribution in [3.8, 4) is 0 Å². The molecule has 21 heavy (non-hydrogen) atoms. The van der Waals surface area contributed by atoms with Crippen LogP contribution in [-0.4, -0.2) is 38.0 Å². The molecule has 0 radical (unpaired) electrons. The van der Waals surface area contributed by atoms with Gasteiger partial charge >= 0.3 is 5.97 Å². The fourth-order valence-electron chi connectivity index (χ4n) is 2.79. The zero-order valence-electron chi connectivity index (χ0n) is 11.6. The minimum Gasteiger partial charge on any atom is -0.481 e. The molecule has 1 heterocycles. The van der Waals surface area contributed by atoms with E-state index in [1.54, 1.807) is 29.9 Å². The van der Waals surface area contributed by atoms with E-state index >= 15 is 0 Å². The topological polar surface area (TPSA) is 97.1 Å². The minimum absolute atomic E-state index is 0.0730. The quantitative estimate of drug-likeness (QED) is 0.876. The Morgan fingerprint density at radius 2 is 2.19 bits per heavy atom. The van der Waals surface area contributed by atoms with Crippen molar-refractivity contribution in [1.82, 2.24) is 20.3 Å². The van der Waals surface area contributed by atoms with E-state index in [0.717, 1.165) is 5.52 Å². The lowest BCUT2D eigenvalue weighted by molar-refractivity contribution is -0.141. The Kier molecular flexibility index (Phi) is 3.32. The van der Waals surface area contributed by atoms with Crippen LogP contribution in [-0.2, 0) is 11.8 Å². The van der Waals surface area contributed by atoms with Gasteiger partial charge in [-0.05, 0) is 37.5 Å². The number of aromatic nitrogens is 3. The first-order valence-corrected chi connectivity index (χ1v) is 6.87. The van der Waals surface area contributed by atoms with E-state index in [1.165, 1.54) is 0 Å². The highest BCUT2D eigenvalue weighted by Gasteiger charge is 2.30. The minimum atomic E-state index is -0.785. The van der Waals surface area contributed by atoms with E-state index in [0.29, 0.717) is 30.3 Å². The standard InChI is InChI=1S/C14H16N4O3/c1-18-12-5-3-8(7-11(12)16-17-18)13(19)15-10-4-2-9(6-10)14(20)21/h3,5,7,9-10H,2,4,6H2,1H3,(H,15,19)(H,20,21)/t9-,10+/m0/s1. The zero-order valence-corrected chi connectivity index (χ0v) is 11.6. The molecular weight excluding hydrogens is 272 g/mol. The van der Waals surface area contributed by atoms with E-state index in [2.05, 4.69) is 15.6 Å². The van der Waals surface area contributed by atoms with Crippen LogP contribution in [0.1, 0.15) is 29.6 Å². The third-order valence-electron chi connectivity index (χ3n) is 3.99. The molecular formula is C14H16N4O3. The number of hydrogen-bond donors (Lipinski definition) is 2. The van der Waals surface area contributed by atoms with Crippen molar-refractivity contribution >= 4 is 22.9 Å². The highest BCUT2D eigenvalue weighted by Crippen LogP contribution is 2.26. The Balaban J connectivity index is 1.71. The van der Waals surface area contributed by atoms with Crippen LogP contribution in [0.4, 0.5) is 0 Å². The van der Waals surface area contributed by atoms with Crippen molar-refractivity contribution in [3.05, 3.63) is 23.8 Å². The highest BCUT2D eigenvalue weighted by atomic mass is 16.4. The summed E-state index contributed by atoms with van der Waals surface area (Å²) in [5, 5.41) is 19.7. The van der Waals surface area contributed by atoms with Crippen molar-refractivity contribution in [3.63, 3.8) is 0 Å².